The summed E-state index contributed by atoms with van der Waals surface area (Å²) in [6.07, 6.45) is 8.68. The minimum atomic E-state index is -0.402. The highest BCUT2D eigenvalue weighted by molar-refractivity contribution is 6.07. The van der Waals surface area contributed by atoms with Gasteiger partial charge in [-0.25, -0.2) is 0 Å². The van der Waals surface area contributed by atoms with E-state index in [9.17, 15) is 9.59 Å². The molecule has 2 heterocycles. The number of carbonyl (C=O) groups excluding carboxylic acids is 2. The first kappa shape index (κ1) is 16.3. The molecule has 4 rings (SSSR count). The monoisotopic (exact) mass is 348 g/mol. The number of hydrogen-bond acceptors (Lipinski definition) is 3. The lowest BCUT2D eigenvalue weighted by molar-refractivity contribution is 0.0847. The zero-order valence-corrected chi connectivity index (χ0v) is 14.3. The Morgan fingerprint density at radius 2 is 1.81 bits per heavy atom. The van der Waals surface area contributed by atoms with Gasteiger partial charge in [0, 0.05) is 23.5 Å². The van der Waals surface area contributed by atoms with Crippen LogP contribution in [-0.2, 0) is 12.8 Å². The van der Waals surface area contributed by atoms with Crippen molar-refractivity contribution in [3.05, 3.63) is 65.1 Å². The molecule has 0 saturated carbocycles. The molecule has 0 spiro atoms. The zero-order chi connectivity index (χ0) is 17.9. The fraction of sp³-hybridized carbons (Fsp3) is 0.250. The predicted octanol–water partition coefficient (Wildman–Crippen LogP) is 2.91. The van der Waals surface area contributed by atoms with Crippen molar-refractivity contribution in [1.82, 2.24) is 20.8 Å². The number of aromatic nitrogens is 2. The van der Waals surface area contributed by atoms with Crippen LogP contribution in [0, 0.1) is 0 Å². The lowest BCUT2D eigenvalue weighted by atomic mass is 10.0. The topological polar surface area (TPSA) is 86.9 Å². The van der Waals surface area contributed by atoms with Crippen LogP contribution in [-0.4, -0.2) is 21.8 Å². The van der Waals surface area contributed by atoms with E-state index in [1.54, 1.807) is 24.4 Å². The van der Waals surface area contributed by atoms with Gasteiger partial charge in [-0.3, -0.25) is 25.4 Å². The Labute approximate surface area is 151 Å². The number of aromatic amines is 1. The fourth-order valence-electron chi connectivity index (χ4n) is 3.55. The standard InChI is InChI=1S/C20H20N4O2/c25-19(13-6-5-11-21-12-13)23-24-20(26)16-9-4-8-15-14-7-2-1-3-10-17(14)22-18(15)16/h4-6,8-9,11-12,22H,1-3,7,10H2,(H,23,25)(H,24,26). The number of hydrazine groups is 1. The summed E-state index contributed by atoms with van der Waals surface area (Å²) in [5.74, 6) is -0.745. The number of aryl methyl sites for hydroxylation is 2. The van der Waals surface area contributed by atoms with Crippen molar-refractivity contribution in [1.29, 1.82) is 0 Å². The van der Waals surface area contributed by atoms with Gasteiger partial charge in [0.2, 0.25) is 0 Å². The van der Waals surface area contributed by atoms with E-state index in [1.807, 2.05) is 6.07 Å². The number of nitrogens with one attached hydrogen (secondary N) is 3. The van der Waals surface area contributed by atoms with Crippen LogP contribution in [0.15, 0.2) is 42.7 Å². The summed E-state index contributed by atoms with van der Waals surface area (Å²) in [5, 5.41) is 1.10. The Bertz CT molecular complexity index is 963. The van der Waals surface area contributed by atoms with Gasteiger partial charge in [0.05, 0.1) is 16.6 Å². The van der Waals surface area contributed by atoms with Crippen molar-refractivity contribution >= 4 is 22.7 Å². The maximum absolute atomic E-state index is 12.6. The minimum absolute atomic E-state index is 0.343. The van der Waals surface area contributed by atoms with Crippen molar-refractivity contribution in [3.63, 3.8) is 0 Å². The highest BCUT2D eigenvalue weighted by Gasteiger charge is 2.19. The van der Waals surface area contributed by atoms with E-state index >= 15 is 0 Å². The number of pyridine rings is 1. The zero-order valence-electron chi connectivity index (χ0n) is 14.3. The Kier molecular flexibility index (Phi) is 4.39. The van der Waals surface area contributed by atoms with E-state index in [0.717, 1.165) is 23.7 Å². The smallest absolute Gasteiger partial charge is 0.271 e. The molecule has 0 saturated heterocycles. The molecule has 0 bridgehead atoms. The lowest BCUT2D eigenvalue weighted by Gasteiger charge is -2.08. The number of rotatable bonds is 2. The van der Waals surface area contributed by atoms with Crippen LogP contribution in [0.5, 0.6) is 0 Å². The van der Waals surface area contributed by atoms with Gasteiger partial charge in [0.1, 0.15) is 0 Å². The molecule has 6 nitrogen and oxygen atoms in total. The summed E-state index contributed by atoms with van der Waals surface area (Å²) in [6, 6.07) is 9.02. The number of amides is 2. The molecule has 26 heavy (non-hydrogen) atoms. The van der Waals surface area contributed by atoms with Crippen LogP contribution in [0.3, 0.4) is 0 Å². The Morgan fingerprint density at radius 3 is 2.65 bits per heavy atom. The minimum Gasteiger partial charge on any atom is -0.358 e. The third kappa shape index (κ3) is 3.06. The van der Waals surface area contributed by atoms with Gasteiger partial charge >= 0.3 is 0 Å². The number of H-pyrrole nitrogens is 1. The first-order valence-corrected chi connectivity index (χ1v) is 8.87. The summed E-state index contributed by atoms with van der Waals surface area (Å²) in [5.41, 5.74) is 9.25. The van der Waals surface area contributed by atoms with E-state index in [-0.39, 0.29) is 5.91 Å². The molecule has 0 atom stereocenters. The molecular formula is C20H20N4O2. The summed E-state index contributed by atoms with van der Waals surface area (Å²) in [7, 11) is 0. The molecule has 2 aromatic heterocycles. The van der Waals surface area contributed by atoms with Gasteiger partial charge < -0.3 is 4.98 Å². The van der Waals surface area contributed by atoms with Gasteiger partial charge in [-0.15, -0.1) is 0 Å². The quantitative estimate of drug-likeness (QED) is 0.491. The maximum atomic E-state index is 12.6. The van der Waals surface area contributed by atoms with Gasteiger partial charge in [-0.2, -0.15) is 0 Å². The van der Waals surface area contributed by atoms with E-state index in [0.29, 0.717) is 11.1 Å². The van der Waals surface area contributed by atoms with Crippen LogP contribution >= 0.6 is 0 Å². The summed E-state index contributed by atoms with van der Waals surface area (Å²) in [6.45, 7) is 0. The molecule has 132 valence electrons. The summed E-state index contributed by atoms with van der Waals surface area (Å²) >= 11 is 0. The maximum Gasteiger partial charge on any atom is 0.271 e. The van der Waals surface area contributed by atoms with Crippen molar-refractivity contribution in [3.8, 4) is 0 Å². The van der Waals surface area contributed by atoms with Crippen molar-refractivity contribution in [2.45, 2.75) is 32.1 Å². The molecule has 0 radical (unpaired) electrons. The average Bonchev–Trinajstić information content (AvgIpc) is 2.87. The first-order chi connectivity index (χ1) is 12.7. The number of nitrogens with zero attached hydrogens (tertiary/aromatic N) is 1. The lowest BCUT2D eigenvalue weighted by Crippen LogP contribution is -2.41. The SMILES string of the molecule is O=C(NNC(=O)c1cccc2c3c([nH]c12)CCCCC3)c1cccnc1. The van der Waals surface area contributed by atoms with E-state index < -0.39 is 5.91 Å². The third-order valence-electron chi connectivity index (χ3n) is 4.84. The summed E-state index contributed by atoms with van der Waals surface area (Å²) < 4.78 is 0. The molecule has 0 unspecified atom stereocenters. The molecule has 3 N–H and O–H groups in total. The van der Waals surface area contributed by atoms with Crippen LogP contribution < -0.4 is 10.9 Å². The molecule has 2 amide bonds. The molecule has 0 aliphatic heterocycles. The van der Waals surface area contributed by atoms with E-state index in [1.165, 1.54) is 36.7 Å². The predicted molar refractivity (Wildman–Crippen MR) is 98.7 cm³/mol. The highest BCUT2D eigenvalue weighted by atomic mass is 16.2. The second kappa shape index (κ2) is 7.00. The molecule has 0 fully saturated rings. The Balaban J connectivity index is 1.56. The summed E-state index contributed by atoms with van der Waals surface area (Å²) in [4.78, 5) is 32.0. The van der Waals surface area contributed by atoms with Crippen molar-refractivity contribution < 1.29 is 9.59 Å². The molecule has 1 aromatic carbocycles. The molecule has 3 aromatic rings. The normalized spacial score (nSPS) is 13.7. The van der Waals surface area contributed by atoms with Gasteiger partial charge in [0.25, 0.3) is 11.8 Å². The van der Waals surface area contributed by atoms with E-state index in [2.05, 4.69) is 26.9 Å². The van der Waals surface area contributed by atoms with Gasteiger partial charge in [0.15, 0.2) is 0 Å². The van der Waals surface area contributed by atoms with Crippen LogP contribution in [0.2, 0.25) is 0 Å². The number of carbonyl (C=O) groups is 2. The highest BCUT2D eigenvalue weighted by Crippen LogP contribution is 2.30. The first-order valence-electron chi connectivity index (χ1n) is 8.87. The molecule has 1 aliphatic carbocycles. The number of benzene rings is 1. The molecular weight excluding hydrogens is 328 g/mol. The van der Waals surface area contributed by atoms with Crippen molar-refractivity contribution in [2.75, 3.05) is 0 Å². The second-order valence-corrected chi connectivity index (χ2v) is 6.52. The Hall–Kier alpha value is -3.15. The Morgan fingerprint density at radius 1 is 0.962 bits per heavy atom. The third-order valence-corrected chi connectivity index (χ3v) is 4.84. The van der Waals surface area contributed by atoms with Crippen LogP contribution in [0.1, 0.15) is 51.2 Å². The van der Waals surface area contributed by atoms with Crippen molar-refractivity contribution in [2.24, 2.45) is 0 Å². The van der Waals surface area contributed by atoms with Gasteiger partial charge in [-0.05, 0) is 49.4 Å². The second-order valence-electron chi connectivity index (χ2n) is 6.52. The average molecular weight is 348 g/mol. The largest absolute Gasteiger partial charge is 0.358 e. The van der Waals surface area contributed by atoms with Gasteiger partial charge in [-0.1, -0.05) is 18.6 Å². The molecule has 1 aliphatic rings. The van der Waals surface area contributed by atoms with Crippen LogP contribution in [0.25, 0.3) is 10.9 Å². The number of para-hydroxylation sites is 1. The molecule has 6 heteroatoms. The number of hydrogen-bond donors (Lipinski definition) is 3. The van der Waals surface area contributed by atoms with Crippen LogP contribution in [0.4, 0.5) is 0 Å². The number of fused-ring (bicyclic) bond motifs is 3. The van der Waals surface area contributed by atoms with E-state index in [4.69, 9.17) is 0 Å². The fourth-order valence-corrected chi connectivity index (χ4v) is 3.55.